The Balaban J connectivity index is 2.05. The van der Waals surface area contributed by atoms with E-state index in [0.717, 1.165) is 12.3 Å². The minimum atomic E-state index is -4.53. The molecule has 0 fully saturated rings. The van der Waals surface area contributed by atoms with Gasteiger partial charge in [0.1, 0.15) is 12.3 Å². The number of methoxy groups -OCH3 is 1. The van der Waals surface area contributed by atoms with Gasteiger partial charge in [0.15, 0.2) is 0 Å². The van der Waals surface area contributed by atoms with E-state index in [1.165, 1.54) is 7.11 Å². The molecule has 1 amide bonds. The topological polar surface area (TPSA) is 76.1 Å². The molecule has 0 unspecified atom stereocenters. The van der Waals surface area contributed by atoms with Gasteiger partial charge in [-0.05, 0) is 30.3 Å². The summed E-state index contributed by atoms with van der Waals surface area (Å²) < 4.78 is 42.4. The summed E-state index contributed by atoms with van der Waals surface area (Å²) in [4.78, 5) is 18.5. The van der Waals surface area contributed by atoms with E-state index < -0.39 is 11.9 Å². The summed E-state index contributed by atoms with van der Waals surface area (Å²) in [7, 11) is 1.40. The number of aromatic nitrogens is 2. The van der Waals surface area contributed by atoms with Crippen molar-refractivity contribution in [3.63, 3.8) is 0 Å². The van der Waals surface area contributed by atoms with E-state index in [4.69, 9.17) is 0 Å². The maximum absolute atomic E-state index is 12.6. The largest absolute Gasteiger partial charge is 0.433 e. The Morgan fingerprint density at radius 2 is 1.83 bits per heavy atom. The number of nitrogens with zero attached hydrogens (tertiary/aromatic N) is 2. The first-order chi connectivity index (χ1) is 10.9. The molecule has 0 bridgehead atoms. The molecule has 9 heteroatoms. The number of anilines is 3. The molecular formula is C14H13F3N4O2. The molecule has 0 aliphatic heterocycles. The molecule has 122 valence electrons. The van der Waals surface area contributed by atoms with E-state index >= 15 is 0 Å². The molecule has 2 aromatic rings. The van der Waals surface area contributed by atoms with E-state index in [9.17, 15) is 18.0 Å². The molecule has 1 aromatic carbocycles. The van der Waals surface area contributed by atoms with Gasteiger partial charge in [0, 0.05) is 24.7 Å². The third kappa shape index (κ3) is 4.92. The van der Waals surface area contributed by atoms with Crippen LogP contribution in [0.5, 0.6) is 0 Å². The summed E-state index contributed by atoms with van der Waals surface area (Å²) in [5, 5.41) is 5.25. The van der Waals surface area contributed by atoms with E-state index in [0.29, 0.717) is 11.4 Å². The summed E-state index contributed by atoms with van der Waals surface area (Å²) in [5.41, 5.74) is -0.0184. The average Bonchev–Trinajstić information content (AvgIpc) is 2.49. The second kappa shape index (κ2) is 7.05. The zero-order chi connectivity index (χ0) is 16.9. The van der Waals surface area contributed by atoms with Crippen molar-refractivity contribution < 1.29 is 22.7 Å². The monoisotopic (exact) mass is 326 g/mol. The van der Waals surface area contributed by atoms with Crippen molar-refractivity contribution in [2.24, 2.45) is 0 Å². The second-order valence-corrected chi connectivity index (χ2v) is 4.45. The number of benzene rings is 1. The highest BCUT2D eigenvalue weighted by Crippen LogP contribution is 2.28. The van der Waals surface area contributed by atoms with E-state index in [-0.39, 0.29) is 18.5 Å². The first kappa shape index (κ1) is 16.7. The van der Waals surface area contributed by atoms with Crippen LogP contribution in [0.25, 0.3) is 0 Å². The lowest BCUT2D eigenvalue weighted by atomic mass is 10.3. The molecular weight excluding hydrogens is 313 g/mol. The van der Waals surface area contributed by atoms with Gasteiger partial charge in [-0.1, -0.05) is 0 Å². The summed E-state index contributed by atoms with van der Waals surface area (Å²) in [6, 6.07) is 7.12. The number of amides is 1. The Morgan fingerprint density at radius 3 is 2.43 bits per heavy atom. The van der Waals surface area contributed by atoms with E-state index in [1.54, 1.807) is 24.3 Å². The Morgan fingerprint density at radius 1 is 1.17 bits per heavy atom. The number of halogens is 3. The molecule has 1 aromatic heterocycles. The average molecular weight is 326 g/mol. The maximum atomic E-state index is 12.6. The lowest BCUT2D eigenvalue weighted by Crippen LogP contribution is -2.16. The SMILES string of the molecule is COCC(=O)Nc1ccc(Nc2nccc(C(F)(F)F)n2)cc1. The Bertz CT molecular complexity index is 674. The summed E-state index contributed by atoms with van der Waals surface area (Å²) in [5.74, 6) is -0.481. The van der Waals surface area contributed by atoms with Crippen molar-refractivity contribution in [3.8, 4) is 0 Å². The molecule has 0 saturated carbocycles. The van der Waals surface area contributed by atoms with Crippen LogP contribution in [0.2, 0.25) is 0 Å². The van der Waals surface area contributed by atoms with Gasteiger partial charge in [0.05, 0.1) is 0 Å². The van der Waals surface area contributed by atoms with Crippen LogP contribution in [-0.2, 0) is 15.7 Å². The van der Waals surface area contributed by atoms with Gasteiger partial charge >= 0.3 is 6.18 Å². The quantitative estimate of drug-likeness (QED) is 0.883. The summed E-state index contributed by atoms with van der Waals surface area (Å²) in [6.07, 6.45) is -3.51. The number of alkyl halides is 3. The van der Waals surface area contributed by atoms with Gasteiger partial charge in [-0.2, -0.15) is 13.2 Å². The van der Waals surface area contributed by atoms with Crippen LogP contribution < -0.4 is 10.6 Å². The van der Waals surface area contributed by atoms with Crippen molar-refractivity contribution in [3.05, 3.63) is 42.2 Å². The number of nitrogens with one attached hydrogen (secondary N) is 2. The Kier molecular flexibility index (Phi) is 5.12. The zero-order valence-corrected chi connectivity index (χ0v) is 12.0. The van der Waals surface area contributed by atoms with Crippen LogP contribution in [0.3, 0.4) is 0 Å². The smallest absolute Gasteiger partial charge is 0.375 e. The molecule has 6 nitrogen and oxygen atoms in total. The molecule has 2 N–H and O–H groups in total. The van der Waals surface area contributed by atoms with Crippen LogP contribution in [0, 0.1) is 0 Å². The van der Waals surface area contributed by atoms with Gasteiger partial charge < -0.3 is 15.4 Å². The van der Waals surface area contributed by atoms with Crippen LogP contribution in [-0.4, -0.2) is 29.6 Å². The molecule has 0 spiro atoms. The fraction of sp³-hybridized carbons (Fsp3) is 0.214. The third-order valence-electron chi connectivity index (χ3n) is 2.65. The second-order valence-electron chi connectivity index (χ2n) is 4.45. The normalized spacial score (nSPS) is 11.1. The molecule has 0 aliphatic carbocycles. The molecule has 1 heterocycles. The summed E-state index contributed by atoms with van der Waals surface area (Å²) in [6.45, 7) is -0.0714. The van der Waals surface area contributed by atoms with Crippen LogP contribution >= 0.6 is 0 Å². The van der Waals surface area contributed by atoms with Gasteiger partial charge in [-0.3, -0.25) is 4.79 Å². The first-order valence-corrected chi connectivity index (χ1v) is 6.44. The van der Waals surface area contributed by atoms with Gasteiger partial charge in [0.2, 0.25) is 11.9 Å². The fourth-order valence-electron chi connectivity index (χ4n) is 1.67. The fourth-order valence-corrected chi connectivity index (χ4v) is 1.67. The van der Waals surface area contributed by atoms with Gasteiger partial charge in [0.25, 0.3) is 0 Å². The predicted molar refractivity (Wildman–Crippen MR) is 77.3 cm³/mol. The number of rotatable bonds is 5. The third-order valence-corrected chi connectivity index (χ3v) is 2.65. The van der Waals surface area contributed by atoms with Crippen LogP contribution in [0.4, 0.5) is 30.5 Å². The Hall–Kier alpha value is -2.68. The lowest BCUT2D eigenvalue weighted by molar-refractivity contribution is -0.141. The van der Waals surface area contributed by atoms with Gasteiger partial charge in [-0.15, -0.1) is 0 Å². The van der Waals surface area contributed by atoms with Crippen LogP contribution in [0.15, 0.2) is 36.5 Å². The minimum Gasteiger partial charge on any atom is -0.375 e. The van der Waals surface area contributed by atoms with Crippen LogP contribution in [0.1, 0.15) is 5.69 Å². The highest BCUT2D eigenvalue weighted by atomic mass is 19.4. The van der Waals surface area contributed by atoms with Crippen molar-refractivity contribution in [2.75, 3.05) is 24.4 Å². The molecule has 0 atom stereocenters. The molecule has 0 aliphatic rings. The minimum absolute atomic E-state index is 0.0714. The maximum Gasteiger partial charge on any atom is 0.433 e. The molecule has 2 rings (SSSR count). The standard InChI is InChI=1S/C14H13F3N4O2/c1-23-8-12(22)19-9-2-4-10(5-3-9)20-13-18-7-6-11(21-13)14(15,16)17/h2-7H,8H2,1H3,(H,19,22)(H,18,20,21). The van der Waals surface area contributed by atoms with Crippen molar-refractivity contribution in [1.82, 2.24) is 9.97 Å². The number of hydrogen-bond acceptors (Lipinski definition) is 5. The molecule has 0 saturated heterocycles. The highest BCUT2D eigenvalue weighted by Gasteiger charge is 2.32. The van der Waals surface area contributed by atoms with Crippen molar-refractivity contribution >= 4 is 23.2 Å². The molecule has 0 radical (unpaired) electrons. The summed E-state index contributed by atoms with van der Waals surface area (Å²) >= 11 is 0. The highest BCUT2D eigenvalue weighted by molar-refractivity contribution is 5.91. The molecule has 23 heavy (non-hydrogen) atoms. The predicted octanol–water partition coefficient (Wildman–Crippen LogP) is 2.82. The number of carbonyl (C=O) groups is 1. The van der Waals surface area contributed by atoms with E-state index in [1.807, 2.05) is 0 Å². The number of hydrogen-bond donors (Lipinski definition) is 2. The Labute approximate surface area is 129 Å². The number of ether oxygens (including phenoxy) is 1. The zero-order valence-electron chi connectivity index (χ0n) is 12.0. The van der Waals surface area contributed by atoms with E-state index in [2.05, 4.69) is 25.3 Å². The number of carbonyl (C=O) groups excluding carboxylic acids is 1. The van der Waals surface area contributed by atoms with Gasteiger partial charge in [-0.25, -0.2) is 9.97 Å². The lowest BCUT2D eigenvalue weighted by Gasteiger charge is -2.09. The first-order valence-electron chi connectivity index (χ1n) is 6.44. The van der Waals surface area contributed by atoms with Crippen molar-refractivity contribution in [2.45, 2.75) is 6.18 Å². The van der Waals surface area contributed by atoms with Crippen molar-refractivity contribution in [1.29, 1.82) is 0 Å².